The van der Waals surface area contributed by atoms with E-state index in [1.807, 2.05) is 85.8 Å². The largest absolute Gasteiger partial charge is 0.486 e. The maximum atomic E-state index is 13.5. The number of hydrogen-bond acceptors (Lipinski definition) is 6. The lowest BCUT2D eigenvalue weighted by molar-refractivity contribution is -0.137. The molecule has 1 heterocycles. The van der Waals surface area contributed by atoms with Gasteiger partial charge in [0.05, 0.1) is 18.4 Å². The second-order valence-corrected chi connectivity index (χ2v) is 9.73. The van der Waals surface area contributed by atoms with Crippen LogP contribution in [0.1, 0.15) is 57.7 Å². The Balaban J connectivity index is 2.02. The summed E-state index contributed by atoms with van der Waals surface area (Å²) in [6.07, 6.45) is 0.746. The zero-order valence-corrected chi connectivity index (χ0v) is 23.5. The highest BCUT2D eigenvalue weighted by atomic mass is 16.5. The molecular formula is C33H36N2O4. The first-order valence-corrected chi connectivity index (χ1v) is 13.3. The topological polar surface area (TPSA) is 60.4 Å². The van der Waals surface area contributed by atoms with Crippen LogP contribution < -0.4 is 4.74 Å². The van der Waals surface area contributed by atoms with Crippen LogP contribution in [0.15, 0.2) is 95.2 Å². The molecule has 0 saturated heterocycles. The molecule has 0 spiro atoms. The Morgan fingerprint density at radius 3 is 2.21 bits per heavy atom. The maximum Gasteiger partial charge on any atom is 0.360 e. The Morgan fingerprint density at radius 1 is 0.923 bits per heavy atom. The van der Waals surface area contributed by atoms with Gasteiger partial charge in [0.25, 0.3) is 0 Å². The lowest BCUT2D eigenvalue weighted by Gasteiger charge is -2.35. The number of rotatable bonds is 9. The Bertz CT molecular complexity index is 1410. The van der Waals surface area contributed by atoms with Crippen LogP contribution >= 0.6 is 0 Å². The van der Waals surface area contributed by atoms with E-state index in [2.05, 4.69) is 27.7 Å². The van der Waals surface area contributed by atoms with E-state index in [-0.39, 0.29) is 18.2 Å². The second kappa shape index (κ2) is 12.5. The van der Waals surface area contributed by atoms with E-state index in [1.54, 1.807) is 5.01 Å². The summed E-state index contributed by atoms with van der Waals surface area (Å²) in [6.45, 7) is 10.5. The Kier molecular flexibility index (Phi) is 8.87. The minimum atomic E-state index is -0.528. The summed E-state index contributed by atoms with van der Waals surface area (Å²) in [5.41, 5.74) is 5.47. The van der Waals surface area contributed by atoms with Crippen LogP contribution in [-0.2, 0) is 20.9 Å². The summed E-state index contributed by atoms with van der Waals surface area (Å²) < 4.78 is 18.2. The first-order valence-electron chi connectivity index (χ1n) is 13.3. The number of nitrogens with zero attached hydrogens (tertiary/aromatic N) is 2. The van der Waals surface area contributed by atoms with Gasteiger partial charge in [0.1, 0.15) is 18.1 Å². The standard InChI is InChI=1S/C33H36N2O4/c1-7-23(4)30-29-27(19-14-20-28(29)39-26-17-12-9-13-18-26)32(38-21-25-15-10-8-11-16-25)31(33(36)37-6)35(30)34-24(5)22(2)3/h8-20,22H,7,21H2,1-6H3/b30-23-,34-24+. The second-order valence-electron chi connectivity index (χ2n) is 9.73. The fourth-order valence-electron chi connectivity index (χ4n) is 4.19. The molecule has 1 aliphatic heterocycles. The summed E-state index contributed by atoms with van der Waals surface area (Å²) in [5.74, 6) is 1.39. The van der Waals surface area contributed by atoms with E-state index >= 15 is 0 Å². The molecule has 0 unspecified atom stereocenters. The molecule has 0 aromatic heterocycles. The number of esters is 1. The van der Waals surface area contributed by atoms with Crippen LogP contribution in [0, 0.1) is 5.92 Å². The van der Waals surface area contributed by atoms with Gasteiger partial charge in [-0.25, -0.2) is 9.80 Å². The van der Waals surface area contributed by atoms with Crippen molar-refractivity contribution in [3.8, 4) is 11.5 Å². The summed E-state index contributed by atoms with van der Waals surface area (Å²) >= 11 is 0. The van der Waals surface area contributed by atoms with E-state index < -0.39 is 5.97 Å². The minimum absolute atomic E-state index is 0.165. The van der Waals surface area contributed by atoms with Crippen LogP contribution in [0.3, 0.4) is 0 Å². The quantitative estimate of drug-likeness (QED) is 0.209. The lowest BCUT2D eigenvalue weighted by atomic mass is 9.92. The summed E-state index contributed by atoms with van der Waals surface area (Å²) in [5, 5.41) is 6.68. The van der Waals surface area contributed by atoms with Gasteiger partial charge in [-0.05, 0) is 55.5 Å². The first kappa shape index (κ1) is 27.7. The molecule has 0 saturated carbocycles. The molecule has 0 N–H and O–H groups in total. The number of ether oxygens (including phenoxy) is 3. The molecule has 0 amide bonds. The average Bonchev–Trinajstić information content (AvgIpc) is 2.96. The van der Waals surface area contributed by atoms with Crippen LogP contribution in [0.2, 0.25) is 0 Å². The number of benzene rings is 3. The average molecular weight is 525 g/mol. The number of allylic oxidation sites excluding steroid dienone is 1. The molecule has 39 heavy (non-hydrogen) atoms. The number of carbonyl (C=O) groups excluding carboxylic acids is 1. The Hall–Kier alpha value is -4.32. The van der Waals surface area contributed by atoms with E-state index in [1.165, 1.54) is 7.11 Å². The predicted octanol–water partition coefficient (Wildman–Crippen LogP) is 8.03. The van der Waals surface area contributed by atoms with Gasteiger partial charge in [0, 0.05) is 11.3 Å². The van der Waals surface area contributed by atoms with Gasteiger partial charge in [0.15, 0.2) is 11.5 Å². The molecule has 0 aliphatic carbocycles. The molecule has 202 valence electrons. The number of hydrogen-bond donors (Lipinski definition) is 0. The van der Waals surface area contributed by atoms with Gasteiger partial charge >= 0.3 is 5.97 Å². The highest BCUT2D eigenvalue weighted by Crippen LogP contribution is 2.47. The van der Waals surface area contributed by atoms with Gasteiger partial charge in [-0.2, -0.15) is 5.10 Å². The zero-order chi connectivity index (χ0) is 27.9. The van der Waals surface area contributed by atoms with Gasteiger partial charge in [0.2, 0.25) is 0 Å². The van der Waals surface area contributed by atoms with Crippen LogP contribution in [0.5, 0.6) is 11.5 Å². The molecule has 6 heteroatoms. The van der Waals surface area contributed by atoms with E-state index in [9.17, 15) is 4.79 Å². The summed E-state index contributed by atoms with van der Waals surface area (Å²) in [7, 11) is 1.38. The summed E-state index contributed by atoms with van der Waals surface area (Å²) in [6, 6.07) is 25.3. The number of fused-ring (bicyclic) bond motifs is 1. The van der Waals surface area contributed by atoms with Gasteiger partial charge in [-0.15, -0.1) is 0 Å². The van der Waals surface area contributed by atoms with Crippen molar-refractivity contribution in [1.82, 2.24) is 5.01 Å². The van der Waals surface area contributed by atoms with Crippen LogP contribution in [0.4, 0.5) is 0 Å². The number of methoxy groups -OCH3 is 1. The highest BCUT2D eigenvalue weighted by molar-refractivity contribution is 6.03. The molecule has 3 aromatic rings. The van der Waals surface area contributed by atoms with Crippen LogP contribution in [0.25, 0.3) is 11.5 Å². The molecule has 0 radical (unpaired) electrons. The Labute approximate surface area is 231 Å². The smallest absolute Gasteiger partial charge is 0.360 e. The van der Waals surface area contributed by atoms with Crippen molar-refractivity contribution >= 4 is 23.1 Å². The molecule has 0 fully saturated rings. The molecule has 0 bridgehead atoms. The monoisotopic (exact) mass is 524 g/mol. The van der Waals surface area contributed by atoms with E-state index in [4.69, 9.17) is 19.3 Å². The fourth-order valence-corrected chi connectivity index (χ4v) is 4.19. The molecule has 6 nitrogen and oxygen atoms in total. The lowest BCUT2D eigenvalue weighted by Crippen LogP contribution is -2.31. The zero-order valence-electron chi connectivity index (χ0n) is 23.5. The first-order chi connectivity index (χ1) is 18.8. The van der Waals surface area contributed by atoms with Crippen LogP contribution in [-0.4, -0.2) is 23.8 Å². The molecular weight excluding hydrogens is 488 g/mol. The van der Waals surface area contributed by atoms with Crippen molar-refractivity contribution in [1.29, 1.82) is 0 Å². The number of carbonyl (C=O) groups is 1. The minimum Gasteiger partial charge on any atom is -0.486 e. The summed E-state index contributed by atoms with van der Waals surface area (Å²) in [4.78, 5) is 13.5. The van der Waals surface area contributed by atoms with E-state index in [0.717, 1.165) is 40.1 Å². The maximum absolute atomic E-state index is 13.5. The number of para-hydroxylation sites is 1. The highest BCUT2D eigenvalue weighted by Gasteiger charge is 2.38. The molecule has 0 atom stereocenters. The molecule has 3 aromatic carbocycles. The van der Waals surface area contributed by atoms with Crippen molar-refractivity contribution < 1.29 is 19.0 Å². The Morgan fingerprint density at radius 2 is 1.59 bits per heavy atom. The third-order valence-corrected chi connectivity index (χ3v) is 6.75. The third kappa shape index (κ3) is 6.06. The normalized spacial score (nSPS) is 14.7. The predicted molar refractivity (Wildman–Crippen MR) is 156 cm³/mol. The van der Waals surface area contributed by atoms with Gasteiger partial charge < -0.3 is 14.2 Å². The van der Waals surface area contributed by atoms with Crippen molar-refractivity contribution in [2.24, 2.45) is 11.0 Å². The van der Waals surface area contributed by atoms with E-state index in [0.29, 0.717) is 17.3 Å². The number of hydrazone groups is 1. The fraction of sp³-hybridized carbons (Fsp3) is 0.273. The van der Waals surface area contributed by atoms with Crippen molar-refractivity contribution in [3.05, 3.63) is 107 Å². The van der Waals surface area contributed by atoms with Gasteiger partial charge in [-0.1, -0.05) is 81.4 Å². The van der Waals surface area contributed by atoms with Crippen molar-refractivity contribution in [3.63, 3.8) is 0 Å². The van der Waals surface area contributed by atoms with Gasteiger partial charge in [-0.3, -0.25) is 0 Å². The van der Waals surface area contributed by atoms with Crippen molar-refractivity contribution in [2.75, 3.05) is 7.11 Å². The SMILES string of the molecule is CC/C(C)=C1/c2c(Oc3ccccc3)cccc2C(OCc2ccccc2)=C(C(=O)OC)N1/N=C(\C)C(C)C. The molecule has 4 rings (SSSR count). The third-order valence-electron chi connectivity index (χ3n) is 6.75. The molecule has 1 aliphatic rings. The van der Waals surface area contributed by atoms with Crippen molar-refractivity contribution in [2.45, 2.75) is 47.6 Å².